The van der Waals surface area contributed by atoms with Crippen molar-refractivity contribution in [1.29, 1.82) is 0 Å². The van der Waals surface area contributed by atoms with Crippen LogP contribution in [0.25, 0.3) is 11.3 Å². The van der Waals surface area contributed by atoms with Gasteiger partial charge >= 0.3 is 0 Å². The van der Waals surface area contributed by atoms with E-state index in [4.69, 9.17) is 40.2 Å². The van der Waals surface area contributed by atoms with Gasteiger partial charge in [-0.25, -0.2) is 4.39 Å². The van der Waals surface area contributed by atoms with Crippen LogP contribution < -0.4 is 15.4 Å². The number of nitrogens with one attached hydrogen (secondary N) is 2. The van der Waals surface area contributed by atoms with Crippen molar-refractivity contribution in [3.05, 3.63) is 76.2 Å². The Morgan fingerprint density at radius 3 is 2.79 bits per heavy atom. The Balaban J connectivity index is 1.78. The number of pyridine rings is 1. The van der Waals surface area contributed by atoms with Gasteiger partial charge in [0.1, 0.15) is 11.6 Å². The van der Waals surface area contributed by atoms with Crippen LogP contribution in [-0.2, 0) is 6.54 Å². The Labute approximate surface area is 177 Å². The minimum absolute atomic E-state index is 0.366. The number of nitrogens with zero attached hydrogens (tertiary/aromatic N) is 1. The Bertz CT molecular complexity index is 1020. The van der Waals surface area contributed by atoms with Crippen LogP contribution >= 0.6 is 35.4 Å². The van der Waals surface area contributed by atoms with Crippen LogP contribution in [-0.4, -0.2) is 17.2 Å². The molecule has 1 heterocycles. The maximum Gasteiger partial charge on any atom is 0.171 e. The van der Waals surface area contributed by atoms with Crippen molar-refractivity contribution in [3.63, 3.8) is 0 Å². The lowest BCUT2D eigenvalue weighted by Gasteiger charge is -2.15. The van der Waals surface area contributed by atoms with E-state index < -0.39 is 0 Å². The van der Waals surface area contributed by atoms with E-state index in [0.29, 0.717) is 44.4 Å². The molecule has 0 bridgehead atoms. The molecule has 0 saturated heterocycles. The van der Waals surface area contributed by atoms with Crippen LogP contribution in [0.1, 0.15) is 5.56 Å². The third-order valence-electron chi connectivity index (χ3n) is 3.95. The molecule has 0 fully saturated rings. The molecule has 0 unspecified atom stereocenters. The molecule has 0 atom stereocenters. The molecule has 0 aliphatic carbocycles. The fourth-order valence-electron chi connectivity index (χ4n) is 2.63. The molecule has 4 nitrogen and oxygen atoms in total. The van der Waals surface area contributed by atoms with Crippen LogP contribution in [0.3, 0.4) is 0 Å². The summed E-state index contributed by atoms with van der Waals surface area (Å²) in [6.45, 7) is 0.368. The molecule has 0 radical (unpaired) electrons. The van der Waals surface area contributed by atoms with E-state index in [1.807, 2.05) is 6.07 Å². The van der Waals surface area contributed by atoms with Gasteiger partial charge in [0.2, 0.25) is 0 Å². The summed E-state index contributed by atoms with van der Waals surface area (Å²) < 4.78 is 19.1. The molecule has 28 heavy (non-hydrogen) atoms. The molecule has 2 aromatic carbocycles. The van der Waals surface area contributed by atoms with E-state index in [-0.39, 0.29) is 5.82 Å². The van der Waals surface area contributed by atoms with Crippen LogP contribution in [0.5, 0.6) is 5.75 Å². The number of benzene rings is 2. The van der Waals surface area contributed by atoms with E-state index in [1.54, 1.807) is 36.5 Å². The monoisotopic (exact) mass is 435 g/mol. The number of thiocarbonyl (C=S) groups is 1. The van der Waals surface area contributed by atoms with Crippen molar-refractivity contribution in [1.82, 2.24) is 10.3 Å². The smallest absolute Gasteiger partial charge is 0.171 e. The average Bonchev–Trinajstić information content (AvgIpc) is 2.70. The first-order valence-corrected chi connectivity index (χ1v) is 9.42. The summed E-state index contributed by atoms with van der Waals surface area (Å²) in [4.78, 5) is 4.40. The fraction of sp³-hybridized carbons (Fsp3) is 0.100. The molecule has 3 rings (SSSR count). The van der Waals surface area contributed by atoms with Gasteiger partial charge in [-0.1, -0.05) is 35.3 Å². The number of ether oxygens (including phenoxy) is 1. The number of anilines is 1. The highest BCUT2D eigenvalue weighted by atomic mass is 35.5. The van der Waals surface area contributed by atoms with E-state index in [9.17, 15) is 4.39 Å². The standard InChI is InChI=1S/C20H16Cl2FN3OS/c1-27-17-8-7-13(23)10-14(17)19-12(4-3-9-24-19)11-25-20(28)26-16-6-2-5-15(21)18(16)22/h2-10H,11H2,1H3,(H2,25,26,28). The van der Waals surface area contributed by atoms with E-state index in [1.165, 1.54) is 19.2 Å². The van der Waals surface area contributed by atoms with Gasteiger partial charge in [-0.2, -0.15) is 0 Å². The highest BCUT2D eigenvalue weighted by Crippen LogP contribution is 2.32. The summed E-state index contributed by atoms with van der Waals surface area (Å²) in [5.41, 5.74) is 2.60. The molecule has 144 valence electrons. The summed E-state index contributed by atoms with van der Waals surface area (Å²) in [7, 11) is 1.53. The lowest BCUT2D eigenvalue weighted by molar-refractivity contribution is 0.415. The summed E-state index contributed by atoms with van der Waals surface area (Å²) in [6.07, 6.45) is 1.64. The number of methoxy groups -OCH3 is 1. The normalized spacial score (nSPS) is 10.4. The molecular formula is C20H16Cl2FN3OS. The zero-order valence-electron chi connectivity index (χ0n) is 14.8. The second-order valence-electron chi connectivity index (χ2n) is 5.76. The van der Waals surface area contributed by atoms with Gasteiger partial charge in [0.25, 0.3) is 0 Å². The average molecular weight is 436 g/mol. The van der Waals surface area contributed by atoms with Crippen LogP contribution in [0.15, 0.2) is 54.7 Å². The summed E-state index contributed by atoms with van der Waals surface area (Å²) in [5, 5.41) is 7.30. The van der Waals surface area contributed by atoms with Gasteiger partial charge in [-0.05, 0) is 54.2 Å². The predicted molar refractivity (Wildman–Crippen MR) is 116 cm³/mol. The number of hydrogen-bond donors (Lipinski definition) is 2. The molecular weight excluding hydrogens is 420 g/mol. The minimum atomic E-state index is -0.367. The van der Waals surface area contributed by atoms with Gasteiger partial charge < -0.3 is 15.4 Å². The van der Waals surface area contributed by atoms with Gasteiger partial charge in [0.05, 0.1) is 28.5 Å². The first-order chi connectivity index (χ1) is 13.5. The largest absolute Gasteiger partial charge is 0.496 e. The van der Waals surface area contributed by atoms with Gasteiger partial charge in [0.15, 0.2) is 5.11 Å². The third kappa shape index (κ3) is 4.70. The van der Waals surface area contributed by atoms with Gasteiger partial charge in [0, 0.05) is 18.3 Å². The molecule has 0 saturated carbocycles. The molecule has 0 spiro atoms. The predicted octanol–water partition coefficient (Wildman–Crippen LogP) is 5.69. The zero-order valence-corrected chi connectivity index (χ0v) is 17.1. The van der Waals surface area contributed by atoms with Gasteiger partial charge in [-0.3, -0.25) is 4.98 Å². The van der Waals surface area contributed by atoms with Crippen LogP contribution in [0, 0.1) is 5.82 Å². The van der Waals surface area contributed by atoms with E-state index in [0.717, 1.165) is 5.56 Å². The molecule has 1 aromatic heterocycles. The van der Waals surface area contributed by atoms with Crippen molar-refractivity contribution in [2.75, 3.05) is 12.4 Å². The molecule has 8 heteroatoms. The molecule has 0 aliphatic rings. The lowest BCUT2D eigenvalue weighted by atomic mass is 10.0. The zero-order chi connectivity index (χ0) is 20.1. The van der Waals surface area contributed by atoms with Gasteiger partial charge in [-0.15, -0.1) is 0 Å². The second-order valence-corrected chi connectivity index (χ2v) is 6.96. The SMILES string of the molecule is COc1ccc(F)cc1-c1ncccc1CNC(=S)Nc1cccc(Cl)c1Cl. The van der Waals surface area contributed by atoms with Crippen molar-refractivity contribution in [3.8, 4) is 17.0 Å². The number of aromatic nitrogens is 1. The molecule has 2 N–H and O–H groups in total. The Morgan fingerprint density at radius 1 is 1.18 bits per heavy atom. The maximum atomic E-state index is 13.8. The molecule has 0 aliphatic heterocycles. The van der Waals surface area contributed by atoms with Crippen molar-refractivity contribution < 1.29 is 9.13 Å². The summed E-state index contributed by atoms with van der Waals surface area (Å²) in [6, 6.07) is 13.2. The van der Waals surface area contributed by atoms with Crippen molar-refractivity contribution >= 4 is 46.2 Å². The summed E-state index contributed by atoms with van der Waals surface area (Å²) in [5.74, 6) is 0.168. The Kier molecular flexibility index (Phi) is 6.67. The van der Waals surface area contributed by atoms with Crippen LogP contribution in [0.4, 0.5) is 10.1 Å². The van der Waals surface area contributed by atoms with Crippen molar-refractivity contribution in [2.45, 2.75) is 6.54 Å². The number of rotatable bonds is 5. The Hall–Kier alpha value is -2.41. The van der Waals surface area contributed by atoms with Crippen molar-refractivity contribution in [2.24, 2.45) is 0 Å². The Morgan fingerprint density at radius 2 is 2.00 bits per heavy atom. The minimum Gasteiger partial charge on any atom is -0.496 e. The fourth-order valence-corrected chi connectivity index (χ4v) is 3.16. The van der Waals surface area contributed by atoms with E-state index >= 15 is 0 Å². The maximum absolute atomic E-state index is 13.8. The second kappa shape index (κ2) is 9.19. The van der Waals surface area contributed by atoms with E-state index in [2.05, 4.69) is 15.6 Å². The summed E-state index contributed by atoms with van der Waals surface area (Å²) >= 11 is 17.5. The number of halogens is 3. The van der Waals surface area contributed by atoms with Crippen LogP contribution in [0.2, 0.25) is 10.0 Å². The highest BCUT2D eigenvalue weighted by molar-refractivity contribution is 7.80. The topological polar surface area (TPSA) is 46.2 Å². The first-order valence-electron chi connectivity index (χ1n) is 8.26. The number of hydrogen-bond acceptors (Lipinski definition) is 3. The lowest BCUT2D eigenvalue weighted by Crippen LogP contribution is -2.28. The first kappa shape index (κ1) is 20.3. The third-order valence-corrected chi connectivity index (χ3v) is 5.01. The quantitative estimate of drug-likeness (QED) is 0.504. The highest BCUT2D eigenvalue weighted by Gasteiger charge is 2.13. The molecule has 3 aromatic rings. The molecule has 0 amide bonds.